The van der Waals surface area contributed by atoms with Gasteiger partial charge in [0.2, 0.25) is 0 Å². The Labute approximate surface area is 81.4 Å². The molecule has 7 heteroatoms. The van der Waals surface area contributed by atoms with Gasteiger partial charge in [-0.25, -0.2) is 14.2 Å². The molecule has 0 unspecified atom stereocenters. The number of nitrogens with zero attached hydrogens (tertiary/aromatic N) is 1. The van der Waals surface area contributed by atoms with Gasteiger partial charge in [-0.2, -0.15) is 13.2 Å². The summed E-state index contributed by atoms with van der Waals surface area (Å²) in [5.41, 5.74) is -2.78. The molecule has 3 nitrogen and oxygen atoms in total. The maximum atomic E-state index is 12.8. The lowest BCUT2D eigenvalue weighted by Gasteiger charge is -2.09. The molecule has 15 heavy (non-hydrogen) atoms. The van der Waals surface area contributed by atoms with Crippen molar-refractivity contribution < 1.29 is 27.5 Å². The van der Waals surface area contributed by atoms with E-state index in [4.69, 9.17) is 5.11 Å². The van der Waals surface area contributed by atoms with Crippen molar-refractivity contribution >= 4 is 5.97 Å². The van der Waals surface area contributed by atoms with E-state index in [-0.39, 0.29) is 5.56 Å². The number of aromatic carboxylic acids is 1. The van der Waals surface area contributed by atoms with Gasteiger partial charge in [0, 0.05) is 0 Å². The van der Waals surface area contributed by atoms with Crippen LogP contribution < -0.4 is 0 Å². The zero-order valence-corrected chi connectivity index (χ0v) is 7.39. The molecular weight excluding hydrogens is 218 g/mol. The van der Waals surface area contributed by atoms with Crippen LogP contribution in [0.1, 0.15) is 21.7 Å². The molecule has 0 atom stereocenters. The average Bonchev–Trinajstić information content (AvgIpc) is 2.00. The largest absolute Gasteiger partial charge is 0.477 e. The summed E-state index contributed by atoms with van der Waals surface area (Å²) in [6.07, 6.45) is -5.00. The minimum Gasteiger partial charge on any atom is -0.477 e. The van der Waals surface area contributed by atoms with Crippen LogP contribution in [0.3, 0.4) is 0 Å². The summed E-state index contributed by atoms with van der Waals surface area (Å²) in [6.45, 7) is 1.17. The highest BCUT2D eigenvalue weighted by Gasteiger charge is 2.37. The number of aryl methyl sites for hydroxylation is 1. The molecule has 0 bridgehead atoms. The lowest BCUT2D eigenvalue weighted by molar-refractivity contribution is -0.143. The summed E-state index contributed by atoms with van der Waals surface area (Å²) >= 11 is 0. The zero-order valence-electron chi connectivity index (χ0n) is 7.39. The molecule has 1 rings (SSSR count). The van der Waals surface area contributed by atoms with E-state index in [0.717, 1.165) is 0 Å². The van der Waals surface area contributed by atoms with E-state index < -0.39 is 29.4 Å². The fourth-order valence-corrected chi connectivity index (χ4v) is 0.995. The number of carboxylic acids is 1. The Morgan fingerprint density at radius 1 is 1.47 bits per heavy atom. The van der Waals surface area contributed by atoms with Gasteiger partial charge in [-0.15, -0.1) is 0 Å². The van der Waals surface area contributed by atoms with E-state index in [1.165, 1.54) is 6.92 Å². The lowest BCUT2D eigenvalue weighted by Crippen LogP contribution is -2.15. The first-order chi connectivity index (χ1) is 6.73. The highest BCUT2D eigenvalue weighted by atomic mass is 19.4. The molecule has 0 spiro atoms. The van der Waals surface area contributed by atoms with Crippen LogP contribution in [0.5, 0.6) is 0 Å². The summed E-state index contributed by atoms with van der Waals surface area (Å²) < 4.78 is 49.2. The molecule has 0 aromatic carbocycles. The first kappa shape index (κ1) is 11.4. The summed E-state index contributed by atoms with van der Waals surface area (Å²) in [5.74, 6) is -3.21. The van der Waals surface area contributed by atoms with Gasteiger partial charge in [0.05, 0.1) is 0 Å². The minimum absolute atomic E-state index is 0.159. The number of pyridine rings is 1. The molecule has 0 amide bonds. The van der Waals surface area contributed by atoms with E-state index in [1.807, 2.05) is 0 Å². The Hall–Kier alpha value is -1.66. The predicted molar refractivity (Wildman–Crippen MR) is 40.9 cm³/mol. The standard InChI is InChI=1S/C8H5F4NO2/c1-3-2-4(9)6(8(10,11)12)13-5(3)7(14)15/h2H,1H3,(H,14,15). The zero-order chi connectivity index (χ0) is 11.8. The molecule has 0 fully saturated rings. The Balaban J connectivity index is 3.43. The van der Waals surface area contributed by atoms with Gasteiger partial charge < -0.3 is 5.11 Å². The van der Waals surface area contributed by atoms with Gasteiger partial charge in [-0.05, 0) is 18.6 Å². The summed E-state index contributed by atoms with van der Waals surface area (Å²) in [7, 11) is 0. The Bertz CT molecular complexity index is 414. The van der Waals surface area contributed by atoms with Crippen molar-refractivity contribution in [2.45, 2.75) is 13.1 Å². The first-order valence-corrected chi connectivity index (χ1v) is 3.71. The summed E-state index contributed by atoms with van der Waals surface area (Å²) in [4.78, 5) is 13.2. The maximum absolute atomic E-state index is 12.8. The second-order valence-corrected chi connectivity index (χ2v) is 2.79. The van der Waals surface area contributed by atoms with Crippen LogP contribution in [0.4, 0.5) is 17.6 Å². The number of halogens is 4. The van der Waals surface area contributed by atoms with Crippen LogP contribution in [-0.4, -0.2) is 16.1 Å². The highest BCUT2D eigenvalue weighted by Crippen LogP contribution is 2.30. The van der Waals surface area contributed by atoms with Gasteiger partial charge in [0.15, 0.2) is 17.2 Å². The quantitative estimate of drug-likeness (QED) is 0.743. The molecule has 1 N–H and O–H groups in total. The van der Waals surface area contributed by atoms with Crippen molar-refractivity contribution in [1.82, 2.24) is 4.98 Å². The van der Waals surface area contributed by atoms with E-state index in [9.17, 15) is 22.4 Å². The number of alkyl halides is 3. The van der Waals surface area contributed by atoms with Crippen molar-refractivity contribution in [3.8, 4) is 0 Å². The fraction of sp³-hybridized carbons (Fsp3) is 0.250. The van der Waals surface area contributed by atoms with Gasteiger partial charge in [0.1, 0.15) is 0 Å². The molecule has 1 heterocycles. The van der Waals surface area contributed by atoms with Gasteiger partial charge in [-0.3, -0.25) is 0 Å². The number of aromatic nitrogens is 1. The third-order valence-electron chi connectivity index (χ3n) is 1.64. The van der Waals surface area contributed by atoms with Crippen molar-refractivity contribution in [1.29, 1.82) is 0 Å². The average molecular weight is 223 g/mol. The van der Waals surface area contributed by atoms with Crippen LogP contribution in [0.15, 0.2) is 6.07 Å². The maximum Gasteiger partial charge on any atom is 0.436 e. The molecular formula is C8H5F4NO2. The summed E-state index contributed by atoms with van der Waals surface area (Å²) in [6, 6.07) is 0.499. The fourth-order valence-electron chi connectivity index (χ4n) is 0.995. The van der Waals surface area contributed by atoms with Gasteiger partial charge >= 0.3 is 12.1 Å². The van der Waals surface area contributed by atoms with Crippen LogP contribution in [-0.2, 0) is 6.18 Å². The first-order valence-electron chi connectivity index (χ1n) is 3.71. The highest BCUT2D eigenvalue weighted by molar-refractivity contribution is 5.87. The SMILES string of the molecule is Cc1cc(F)c(C(F)(F)F)nc1C(=O)O. The predicted octanol–water partition coefficient (Wildman–Crippen LogP) is 2.25. The number of carbonyl (C=O) groups is 1. The monoisotopic (exact) mass is 223 g/mol. The Kier molecular flexibility index (Phi) is 2.65. The number of hydrogen-bond acceptors (Lipinski definition) is 2. The van der Waals surface area contributed by atoms with Gasteiger partial charge in [0.25, 0.3) is 0 Å². The van der Waals surface area contributed by atoms with Crippen LogP contribution in [0.25, 0.3) is 0 Å². The molecule has 0 aliphatic heterocycles. The number of carboxylic acid groups (broad SMARTS) is 1. The van der Waals surface area contributed by atoms with Crippen LogP contribution in [0, 0.1) is 12.7 Å². The van der Waals surface area contributed by atoms with E-state index >= 15 is 0 Å². The second-order valence-electron chi connectivity index (χ2n) is 2.79. The Morgan fingerprint density at radius 2 is 2.00 bits per heavy atom. The minimum atomic E-state index is -5.00. The third kappa shape index (κ3) is 2.23. The molecule has 1 aromatic heterocycles. The number of rotatable bonds is 1. The van der Waals surface area contributed by atoms with Crippen LogP contribution in [0.2, 0.25) is 0 Å². The molecule has 1 aromatic rings. The Morgan fingerprint density at radius 3 is 2.40 bits per heavy atom. The molecule has 0 aliphatic rings. The summed E-state index contributed by atoms with van der Waals surface area (Å²) in [5, 5.41) is 8.49. The third-order valence-corrected chi connectivity index (χ3v) is 1.64. The second kappa shape index (κ2) is 3.48. The van der Waals surface area contributed by atoms with E-state index in [0.29, 0.717) is 6.07 Å². The normalized spacial score (nSPS) is 11.5. The van der Waals surface area contributed by atoms with Crippen molar-refractivity contribution in [2.24, 2.45) is 0 Å². The molecule has 82 valence electrons. The van der Waals surface area contributed by atoms with Crippen LogP contribution >= 0.6 is 0 Å². The molecule has 0 saturated carbocycles. The topological polar surface area (TPSA) is 50.2 Å². The van der Waals surface area contributed by atoms with E-state index in [1.54, 1.807) is 0 Å². The van der Waals surface area contributed by atoms with E-state index in [2.05, 4.69) is 4.98 Å². The molecule has 0 aliphatic carbocycles. The van der Waals surface area contributed by atoms with Gasteiger partial charge in [-0.1, -0.05) is 0 Å². The van der Waals surface area contributed by atoms with Crippen molar-refractivity contribution in [3.63, 3.8) is 0 Å². The lowest BCUT2D eigenvalue weighted by atomic mass is 10.2. The van der Waals surface area contributed by atoms with Crippen molar-refractivity contribution in [2.75, 3.05) is 0 Å². The molecule has 0 radical (unpaired) electrons. The smallest absolute Gasteiger partial charge is 0.436 e. The number of hydrogen-bond donors (Lipinski definition) is 1. The molecule has 0 saturated heterocycles. The van der Waals surface area contributed by atoms with Crippen molar-refractivity contribution in [3.05, 3.63) is 28.8 Å².